The predicted molar refractivity (Wildman–Crippen MR) is 58.7 cm³/mol. The molecule has 1 aromatic rings. The highest BCUT2D eigenvalue weighted by molar-refractivity contribution is 5.72. The summed E-state index contributed by atoms with van der Waals surface area (Å²) in [5.41, 5.74) is 8.92. The molecule has 2 atom stereocenters. The second-order valence-corrected chi connectivity index (χ2v) is 4.19. The summed E-state index contributed by atoms with van der Waals surface area (Å²) in [6.07, 6.45) is 1.85. The van der Waals surface area contributed by atoms with Gasteiger partial charge >= 0.3 is 5.97 Å². The number of nitrogen functional groups attached to an aromatic ring is 1. The van der Waals surface area contributed by atoms with Crippen LogP contribution in [-0.2, 0) is 11.2 Å². The summed E-state index contributed by atoms with van der Waals surface area (Å²) in [6, 6.07) is 5.83. The van der Waals surface area contributed by atoms with Crippen LogP contribution in [0.1, 0.15) is 30.4 Å². The number of carboxylic acid groups (broad SMARTS) is 1. The molecule has 0 radical (unpaired) electrons. The van der Waals surface area contributed by atoms with Gasteiger partial charge in [-0.1, -0.05) is 19.1 Å². The van der Waals surface area contributed by atoms with Crippen molar-refractivity contribution in [3.8, 4) is 0 Å². The van der Waals surface area contributed by atoms with Gasteiger partial charge in [0.25, 0.3) is 0 Å². The zero-order chi connectivity index (χ0) is 11.0. The summed E-state index contributed by atoms with van der Waals surface area (Å²) in [4.78, 5) is 11.0. The van der Waals surface area contributed by atoms with Crippen LogP contribution in [0, 0.1) is 5.92 Å². The van der Waals surface area contributed by atoms with Crippen molar-refractivity contribution in [1.29, 1.82) is 0 Å². The molecule has 3 heteroatoms. The molecule has 0 saturated carbocycles. The molecular formula is C12H15NO2. The highest BCUT2D eigenvalue weighted by Crippen LogP contribution is 2.41. The van der Waals surface area contributed by atoms with Crippen molar-refractivity contribution < 1.29 is 9.90 Å². The minimum absolute atomic E-state index is 0.0821. The summed E-state index contributed by atoms with van der Waals surface area (Å²) in [6.45, 7) is 1.76. The van der Waals surface area contributed by atoms with Gasteiger partial charge in [-0.25, -0.2) is 0 Å². The smallest absolute Gasteiger partial charge is 0.306 e. The molecule has 0 aliphatic heterocycles. The lowest BCUT2D eigenvalue weighted by Gasteiger charge is -2.17. The van der Waals surface area contributed by atoms with Crippen molar-refractivity contribution in [2.45, 2.75) is 25.7 Å². The van der Waals surface area contributed by atoms with E-state index in [1.165, 1.54) is 5.56 Å². The highest BCUT2D eigenvalue weighted by atomic mass is 16.4. The third kappa shape index (κ3) is 1.58. The van der Waals surface area contributed by atoms with E-state index in [1.54, 1.807) is 6.92 Å². The second kappa shape index (κ2) is 3.57. The van der Waals surface area contributed by atoms with Crippen LogP contribution >= 0.6 is 0 Å². The molecule has 3 nitrogen and oxygen atoms in total. The molecule has 0 spiro atoms. The van der Waals surface area contributed by atoms with Gasteiger partial charge in [0.05, 0.1) is 5.92 Å². The average Bonchev–Trinajstić information content (AvgIpc) is 2.61. The number of nitrogens with two attached hydrogens (primary N) is 1. The van der Waals surface area contributed by atoms with Crippen molar-refractivity contribution in [3.05, 3.63) is 29.3 Å². The molecule has 0 heterocycles. The van der Waals surface area contributed by atoms with Crippen LogP contribution in [0.15, 0.2) is 18.2 Å². The minimum Gasteiger partial charge on any atom is -0.481 e. The predicted octanol–water partition coefficient (Wildman–Crippen LogP) is 2.02. The van der Waals surface area contributed by atoms with Gasteiger partial charge in [0.1, 0.15) is 0 Å². The molecule has 2 rings (SSSR count). The first-order chi connectivity index (χ1) is 7.11. The first-order valence-corrected chi connectivity index (χ1v) is 5.21. The number of hydrogen-bond acceptors (Lipinski definition) is 2. The van der Waals surface area contributed by atoms with E-state index in [0.29, 0.717) is 0 Å². The molecule has 80 valence electrons. The second-order valence-electron chi connectivity index (χ2n) is 4.19. The van der Waals surface area contributed by atoms with Crippen molar-refractivity contribution in [1.82, 2.24) is 0 Å². The Bertz CT molecular complexity index is 401. The van der Waals surface area contributed by atoms with Gasteiger partial charge in [-0.15, -0.1) is 0 Å². The van der Waals surface area contributed by atoms with Crippen molar-refractivity contribution in [3.63, 3.8) is 0 Å². The van der Waals surface area contributed by atoms with Gasteiger partial charge in [0, 0.05) is 5.69 Å². The molecule has 15 heavy (non-hydrogen) atoms. The van der Waals surface area contributed by atoms with E-state index in [-0.39, 0.29) is 11.8 Å². The van der Waals surface area contributed by atoms with E-state index in [1.807, 2.05) is 18.2 Å². The Labute approximate surface area is 88.9 Å². The molecule has 0 bridgehead atoms. The monoisotopic (exact) mass is 205 g/mol. The maximum atomic E-state index is 11.0. The Morgan fingerprint density at radius 3 is 3.00 bits per heavy atom. The standard InChI is InChI=1S/C12H15NO2/c1-7(12(14)15)9-6-5-8-3-2-4-10(13)11(8)9/h2-4,7,9H,5-6,13H2,1H3,(H,14,15). The number of aryl methyl sites for hydroxylation is 1. The number of hydrogen-bond donors (Lipinski definition) is 2. The summed E-state index contributed by atoms with van der Waals surface area (Å²) >= 11 is 0. The largest absolute Gasteiger partial charge is 0.481 e. The molecule has 1 aromatic carbocycles. The van der Waals surface area contributed by atoms with E-state index in [4.69, 9.17) is 10.8 Å². The molecule has 3 N–H and O–H groups in total. The van der Waals surface area contributed by atoms with Crippen molar-refractivity contribution >= 4 is 11.7 Å². The van der Waals surface area contributed by atoms with Gasteiger partial charge in [-0.3, -0.25) is 4.79 Å². The summed E-state index contributed by atoms with van der Waals surface area (Å²) in [7, 11) is 0. The zero-order valence-electron chi connectivity index (χ0n) is 8.73. The molecule has 1 aliphatic rings. The topological polar surface area (TPSA) is 63.3 Å². The van der Waals surface area contributed by atoms with Gasteiger partial charge in [-0.05, 0) is 36.0 Å². The minimum atomic E-state index is -0.740. The highest BCUT2D eigenvalue weighted by Gasteiger charge is 2.32. The normalized spacial score (nSPS) is 21.0. The Kier molecular flexibility index (Phi) is 2.39. The fraction of sp³-hybridized carbons (Fsp3) is 0.417. The van der Waals surface area contributed by atoms with Crippen molar-refractivity contribution in [2.75, 3.05) is 5.73 Å². The molecule has 2 unspecified atom stereocenters. The Morgan fingerprint density at radius 1 is 1.60 bits per heavy atom. The van der Waals surface area contributed by atoms with Crippen LogP contribution < -0.4 is 5.73 Å². The first kappa shape index (κ1) is 10.0. The van der Waals surface area contributed by atoms with Crippen LogP contribution in [0.4, 0.5) is 5.69 Å². The number of rotatable bonds is 2. The fourth-order valence-electron chi connectivity index (χ4n) is 2.43. The van der Waals surface area contributed by atoms with E-state index < -0.39 is 5.97 Å². The maximum absolute atomic E-state index is 11.0. The number of fused-ring (bicyclic) bond motifs is 1. The zero-order valence-corrected chi connectivity index (χ0v) is 8.73. The van der Waals surface area contributed by atoms with Gasteiger partial charge in [0.2, 0.25) is 0 Å². The molecule has 1 aliphatic carbocycles. The Hall–Kier alpha value is -1.51. The lowest BCUT2D eigenvalue weighted by atomic mass is 9.88. The van der Waals surface area contributed by atoms with Gasteiger partial charge in [0.15, 0.2) is 0 Å². The van der Waals surface area contributed by atoms with Crippen LogP contribution in [0.5, 0.6) is 0 Å². The molecule has 0 amide bonds. The molecule has 0 saturated heterocycles. The Morgan fingerprint density at radius 2 is 2.33 bits per heavy atom. The summed E-state index contributed by atoms with van der Waals surface area (Å²) in [5, 5.41) is 9.02. The van der Waals surface area contributed by atoms with Crippen LogP contribution in [0.2, 0.25) is 0 Å². The van der Waals surface area contributed by atoms with Gasteiger partial charge in [-0.2, -0.15) is 0 Å². The van der Waals surface area contributed by atoms with Gasteiger partial charge < -0.3 is 10.8 Å². The Balaban J connectivity index is 2.39. The molecule has 0 fully saturated rings. The van der Waals surface area contributed by atoms with E-state index in [9.17, 15) is 4.79 Å². The van der Waals surface area contributed by atoms with Crippen LogP contribution in [-0.4, -0.2) is 11.1 Å². The average molecular weight is 205 g/mol. The summed E-state index contributed by atoms with van der Waals surface area (Å²) < 4.78 is 0. The van der Waals surface area contributed by atoms with E-state index in [2.05, 4.69) is 0 Å². The quantitative estimate of drug-likeness (QED) is 0.726. The number of aliphatic carboxylic acids is 1. The van der Waals surface area contributed by atoms with E-state index in [0.717, 1.165) is 24.1 Å². The number of carbonyl (C=O) groups is 1. The number of carboxylic acids is 1. The van der Waals surface area contributed by atoms with Crippen LogP contribution in [0.3, 0.4) is 0 Å². The third-order valence-corrected chi connectivity index (χ3v) is 3.32. The SMILES string of the molecule is CC(C(=O)O)C1CCc2cccc(N)c21. The number of benzene rings is 1. The lowest BCUT2D eigenvalue weighted by Crippen LogP contribution is -2.17. The van der Waals surface area contributed by atoms with Crippen LogP contribution in [0.25, 0.3) is 0 Å². The first-order valence-electron chi connectivity index (χ1n) is 5.21. The van der Waals surface area contributed by atoms with E-state index >= 15 is 0 Å². The third-order valence-electron chi connectivity index (χ3n) is 3.32. The number of anilines is 1. The maximum Gasteiger partial charge on any atom is 0.306 e. The van der Waals surface area contributed by atoms with Crippen molar-refractivity contribution in [2.24, 2.45) is 5.92 Å². The molecule has 0 aromatic heterocycles. The summed E-state index contributed by atoms with van der Waals surface area (Å²) in [5.74, 6) is -1.01. The lowest BCUT2D eigenvalue weighted by molar-refractivity contribution is -0.141. The molecular weight excluding hydrogens is 190 g/mol. The fourth-order valence-corrected chi connectivity index (χ4v) is 2.43.